The summed E-state index contributed by atoms with van der Waals surface area (Å²) in [5.41, 5.74) is 0. The van der Waals surface area contributed by atoms with Crippen LogP contribution in [0.4, 0.5) is 0 Å². The van der Waals surface area contributed by atoms with Gasteiger partial charge in [-0.2, -0.15) is 0 Å². The smallest absolute Gasteiger partial charge is 0.306 e. The molecule has 0 spiro atoms. The number of carbonyl (C=O) groups excluding carboxylic acids is 1. The van der Waals surface area contributed by atoms with Crippen LogP contribution in [-0.2, 0) is 33.2 Å². The van der Waals surface area contributed by atoms with E-state index in [1.807, 2.05) is 0 Å². The third-order valence-corrected chi connectivity index (χ3v) is 14.4. The quantitative estimate of drug-likeness (QED) is 0.0172. The van der Waals surface area contributed by atoms with Crippen molar-refractivity contribution in [1.29, 1.82) is 0 Å². The molecule has 11 atom stereocenters. The largest absolute Gasteiger partial charge is 0.457 e. The summed E-state index contributed by atoms with van der Waals surface area (Å²) in [6, 6.07) is 0. The fraction of sp³-hybridized carbons (Fsp3) is 0.769. The Kier molecular flexibility index (Phi) is 46.5. The second-order valence-electron chi connectivity index (χ2n) is 21.5. The maximum absolute atomic E-state index is 13.1. The first-order chi connectivity index (χ1) is 38.6. The highest BCUT2D eigenvalue weighted by atomic mass is 16.7. The van der Waals surface area contributed by atoms with E-state index in [4.69, 9.17) is 28.4 Å². The van der Waals surface area contributed by atoms with Crippen molar-refractivity contribution in [3.05, 3.63) is 85.1 Å². The number of aliphatic hydroxyl groups excluding tert-OH is 7. The van der Waals surface area contributed by atoms with Crippen LogP contribution in [0.2, 0.25) is 0 Å². The van der Waals surface area contributed by atoms with E-state index in [9.17, 15) is 40.5 Å². The lowest BCUT2D eigenvalue weighted by Gasteiger charge is -2.42. The van der Waals surface area contributed by atoms with Crippen LogP contribution < -0.4 is 0 Å². The van der Waals surface area contributed by atoms with Crippen LogP contribution in [0.3, 0.4) is 0 Å². The van der Waals surface area contributed by atoms with E-state index in [0.29, 0.717) is 13.0 Å². The SMILES string of the molecule is CC/C=C\C/C=C\C/C=C\C/C=C\C/C=C\CCCCCCCC(=O)OC(COCCCCCCCCCCCCCC/C=C\C/C=C\CCCCCCC)COC1OC(COC2OC(CO)C(O)C(O)C2O)C(O)C(O)C1O. The molecule has 14 nitrogen and oxygen atoms in total. The summed E-state index contributed by atoms with van der Waals surface area (Å²) >= 11 is 0. The molecule has 0 aromatic carbocycles. The number of esters is 1. The Morgan fingerprint density at radius 3 is 1.29 bits per heavy atom. The third kappa shape index (κ3) is 37.1. The van der Waals surface area contributed by atoms with E-state index in [1.54, 1.807) is 0 Å². The Balaban J connectivity index is 1.70. The Hall–Kier alpha value is -2.83. The number of unbranched alkanes of at least 4 members (excludes halogenated alkanes) is 22. The Labute approximate surface area is 478 Å². The predicted molar refractivity (Wildman–Crippen MR) is 316 cm³/mol. The van der Waals surface area contributed by atoms with Gasteiger partial charge in [0.25, 0.3) is 0 Å². The fourth-order valence-electron chi connectivity index (χ4n) is 9.40. The monoisotopic (exact) mass is 1120 g/mol. The zero-order valence-corrected chi connectivity index (χ0v) is 49.1. The summed E-state index contributed by atoms with van der Waals surface area (Å²) in [6.07, 6.45) is 50.7. The average Bonchev–Trinajstić information content (AvgIpc) is 3.45. The van der Waals surface area contributed by atoms with Gasteiger partial charge >= 0.3 is 5.97 Å². The van der Waals surface area contributed by atoms with E-state index >= 15 is 0 Å². The Bertz CT molecular complexity index is 1630. The molecule has 79 heavy (non-hydrogen) atoms. The van der Waals surface area contributed by atoms with Crippen molar-refractivity contribution >= 4 is 5.97 Å². The fourth-order valence-corrected chi connectivity index (χ4v) is 9.40. The van der Waals surface area contributed by atoms with Gasteiger partial charge in [0.05, 0.1) is 26.4 Å². The molecule has 7 N–H and O–H groups in total. The topological polar surface area (TPSA) is 214 Å². The lowest BCUT2D eigenvalue weighted by Crippen LogP contribution is -2.61. The van der Waals surface area contributed by atoms with Gasteiger partial charge in [-0.3, -0.25) is 4.79 Å². The number of hydrogen-bond acceptors (Lipinski definition) is 14. The molecule has 0 aromatic heterocycles. The van der Waals surface area contributed by atoms with Crippen LogP contribution in [0.25, 0.3) is 0 Å². The van der Waals surface area contributed by atoms with Gasteiger partial charge in [-0.05, 0) is 89.9 Å². The average molecular weight is 1120 g/mol. The van der Waals surface area contributed by atoms with Gasteiger partial charge in [-0.15, -0.1) is 0 Å². The first-order valence-electron chi connectivity index (χ1n) is 31.2. The van der Waals surface area contributed by atoms with Crippen LogP contribution >= 0.6 is 0 Å². The molecule has 14 heteroatoms. The molecule has 0 saturated carbocycles. The zero-order chi connectivity index (χ0) is 57.2. The number of rotatable bonds is 50. The second kappa shape index (κ2) is 50.9. The van der Waals surface area contributed by atoms with Gasteiger partial charge in [0.15, 0.2) is 12.6 Å². The first-order valence-corrected chi connectivity index (χ1v) is 31.2. The molecule has 2 aliphatic heterocycles. The number of carbonyl (C=O) groups is 1. The highest BCUT2D eigenvalue weighted by Gasteiger charge is 2.47. The normalized spacial score (nSPS) is 24.6. The Morgan fingerprint density at radius 2 is 0.823 bits per heavy atom. The molecule has 2 aliphatic rings. The van der Waals surface area contributed by atoms with Gasteiger partial charge in [-0.25, -0.2) is 0 Å². The number of ether oxygens (including phenoxy) is 6. The highest BCUT2D eigenvalue weighted by molar-refractivity contribution is 5.69. The molecule has 2 saturated heterocycles. The summed E-state index contributed by atoms with van der Waals surface area (Å²) in [5.74, 6) is -0.396. The summed E-state index contributed by atoms with van der Waals surface area (Å²) in [7, 11) is 0. The van der Waals surface area contributed by atoms with Crippen molar-refractivity contribution in [2.75, 3.05) is 33.0 Å². The Morgan fingerprint density at radius 1 is 0.430 bits per heavy atom. The maximum atomic E-state index is 13.1. The molecular formula is C65H112O14. The first kappa shape index (κ1) is 72.3. The molecule has 456 valence electrons. The van der Waals surface area contributed by atoms with Crippen LogP contribution in [0.1, 0.15) is 219 Å². The molecular weight excluding hydrogens is 1000 g/mol. The summed E-state index contributed by atoms with van der Waals surface area (Å²) in [4.78, 5) is 13.1. The maximum Gasteiger partial charge on any atom is 0.306 e. The van der Waals surface area contributed by atoms with Gasteiger partial charge < -0.3 is 64.2 Å². The second-order valence-corrected chi connectivity index (χ2v) is 21.5. The van der Waals surface area contributed by atoms with Gasteiger partial charge in [-0.1, -0.05) is 208 Å². The molecule has 2 rings (SSSR count). The lowest BCUT2D eigenvalue weighted by molar-refractivity contribution is -0.332. The molecule has 2 fully saturated rings. The van der Waals surface area contributed by atoms with E-state index in [-0.39, 0.29) is 19.6 Å². The number of aliphatic hydroxyl groups is 7. The summed E-state index contributed by atoms with van der Waals surface area (Å²) in [6.45, 7) is 3.55. The van der Waals surface area contributed by atoms with Crippen LogP contribution in [0.15, 0.2) is 85.1 Å². The number of hydrogen-bond donors (Lipinski definition) is 7. The van der Waals surface area contributed by atoms with Crippen LogP contribution in [0, 0.1) is 0 Å². The van der Waals surface area contributed by atoms with E-state index in [1.165, 1.54) is 103 Å². The summed E-state index contributed by atoms with van der Waals surface area (Å²) < 4.78 is 34.4. The van der Waals surface area contributed by atoms with Crippen molar-refractivity contribution in [2.24, 2.45) is 0 Å². The standard InChI is InChI=1S/C65H112O14/c1-3-5-7-9-11-13-15-17-19-21-23-25-26-27-29-31-33-35-37-39-41-43-45-47-49-74-51-54(52-75-64-63(73)61(71)59(69)56(79-64)53-76-65-62(72)60(70)58(68)55(50-66)78-65)77-57(67)48-46-44-42-40-38-36-34-32-30-28-24-22-20-18-16-14-12-10-8-6-4-2/h6,8,12,14-15,17-18,20-21,23-24,28,32,34,54-56,58-66,68-73H,3-5,7,9-11,13,16,19,22,25-27,29-31,33,35-53H2,1-2H3/b8-6-,14-12-,17-15-,20-18-,23-21-,28-24-,34-32-. The van der Waals surface area contributed by atoms with Crippen LogP contribution in [0.5, 0.6) is 0 Å². The van der Waals surface area contributed by atoms with Gasteiger partial charge in [0.2, 0.25) is 0 Å². The number of allylic oxidation sites excluding steroid dienone is 14. The minimum absolute atomic E-state index is 0.0484. The minimum atomic E-state index is -1.72. The third-order valence-electron chi connectivity index (χ3n) is 14.4. The molecule has 0 aromatic rings. The minimum Gasteiger partial charge on any atom is -0.457 e. The predicted octanol–water partition coefficient (Wildman–Crippen LogP) is 12.0. The van der Waals surface area contributed by atoms with Crippen molar-refractivity contribution in [1.82, 2.24) is 0 Å². The molecule has 2 heterocycles. The lowest BCUT2D eigenvalue weighted by atomic mass is 9.98. The van der Waals surface area contributed by atoms with E-state index in [2.05, 4.69) is 98.9 Å². The van der Waals surface area contributed by atoms with Crippen molar-refractivity contribution < 1.29 is 69.0 Å². The molecule has 0 amide bonds. The molecule has 0 radical (unpaired) electrons. The molecule has 0 bridgehead atoms. The van der Waals surface area contributed by atoms with Gasteiger partial charge in [0, 0.05) is 13.0 Å². The molecule has 0 aliphatic carbocycles. The summed E-state index contributed by atoms with van der Waals surface area (Å²) in [5, 5.41) is 72.5. The highest BCUT2D eigenvalue weighted by Crippen LogP contribution is 2.27. The van der Waals surface area contributed by atoms with E-state index in [0.717, 1.165) is 89.9 Å². The zero-order valence-electron chi connectivity index (χ0n) is 49.1. The van der Waals surface area contributed by atoms with Gasteiger partial charge in [0.1, 0.15) is 54.9 Å². The van der Waals surface area contributed by atoms with E-state index < -0.39 is 86.7 Å². The van der Waals surface area contributed by atoms with Crippen molar-refractivity contribution in [2.45, 2.75) is 287 Å². The van der Waals surface area contributed by atoms with Crippen LogP contribution in [-0.4, -0.2) is 142 Å². The molecule has 11 unspecified atom stereocenters. The van der Waals surface area contributed by atoms with Crippen molar-refractivity contribution in [3.8, 4) is 0 Å². The van der Waals surface area contributed by atoms with Crippen molar-refractivity contribution in [3.63, 3.8) is 0 Å².